The highest BCUT2D eigenvalue weighted by Gasteiger charge is 2.22. The Hall–Kier alpha value is -0.660. The van der Waals surface area contributed by atoms with Gasteiger partial charge in [-0.3, -0.25) is 0 Å². The fraction of sp³-hybridized carbons (Fsp3) is 0.714. The molecule has 0 aliphatic carbocycles. The third-order valence-electron chi connectivity index (χ3n) is 1.46. The highest BCUT2D eigenvalue weighted by atomic mass is 16.5. The van der Waals surface area contributed by atoms with Crippen LogP contribution < -0.4 is 5.32 Å². The van der Waals surface area contributed by atoms with Gasteiger partial charge in [0.05, 0.1) is 7.11 Å². The van der Waals surface area contributed by atoms with E-state index in [9.17, 15) is 0 Å². The molecule has 0 aromatic rings. The Morgan fingerprint density at radius 3 is 2.56 bits per heavy atom. The summed E-state index contributed by atoms with van der Waals surface area (Å²) in [6.07, 6.45) is 2.10. The van der Waals surface area contributed by atoms with Crippen molar-refractivity contribution in [1.82, 2.24) is 5.32 Å². The maximum atomic E-state index is 5.00. The second kappa shape index (κ2) is 1.94. The van der Waals surface area contributed by atoms with Crippen LogP contribution >= 0.6 is 0 Å². The lowest BCUT2D eigenvalue weighted by molar-refractivity contribution is 0.269. The summed E-state index contributed by atoms with van der Waals surface area (Å²) >= 11 is 0. The van der Waals surface area contributed by atoms with Crippen LogP contribution in [0.3, 0.4) is 0 Å². The van der Waals surface area contributed by atoms with Crippen LogP contribution in [0.5, 0.6) is 0 Å². The van der Waals surface area contributed by atoms with Crippen molar-refractivity contribution < 1.29 is 4.74 Å². The standard InChI is InChI=1S/C7H13NO/c1-7(2)4-6(9-3)8-5-7/h4,8H,5H2,1-3H3. The molecule has 2 heteroatoms. The summed E-state index contributed by atoms with van der Waals surface area (Å²) in [7, 11) is 1.68. The molecule has 0 aromatic heterocycles. The molecule has 0 radical (unpaired) electrons. The van der Waals surface area contributed by atoms with Crippen LogP contribution in [0.4, 0.5) is 0 Å². The summed E-state index contributed by atoms with van der Waals surface area (Å²) in [5, 5.41) is 3.14. The second-order valence-corrected chi connectivity index (χ2v) is 3.05. The number of rotatable bonds is 1. The first-order valence-electron chi connectivity index (χ1n) is 3.15. The van der Waals surface area contributed by atoms with Gasteiger partial charge in [0.2, 0.25) is 0 Å². The van der Waals surface area contributed by atoms with Gasteiger partial charge in [-0.1, -0.05) is 13.8 Å². The van der Waals surface area contributed by atoms with Crippen molar-refractivity contribution in [1.29, 1.82) is 0 Å². The van der Waals surface area contributed by atoms with Crippen molar-refractivity contribution in [3.05, 3.63) is 12.0 Å². The summed E-state index contributed by atoms with van der Waals surface area (Å²) in [6.45, 7) is 5.33. The number of nitrogens with one attached hydrogen (secondary N) is 1. The van der Waals surface area contributed by atoms with E-state index in [4.69, 9.17) is 4.74 Å². The van der Waals surface area contributed by atoms with E-state index in [1.54, 1.807) is 7.11 Å². The molecule has 1 rings (SSSR count). The minimum Gasteiger partial charge on any atom is -0.483 e. The Balaban J connectivity index is 2.61. The first-order chi connectivity index (χ1) is 4.14. The molecule has 0 fully saturated rings. The zero-order valence-corrected chi connectivity index (χ0v) is 6.19. The number of hydrogen-bond acceptors (Lipinski definition) is 2. The zero-order valence-electron chi connectivity index (χ0n) is 6.19. The largest absolute Gasteiger partial charge is 0.483 e. The fourth-order valence-electron chi connectivity index (χ4n) is 0.903. The smallest absolute Gasteiger partial charge is 0.182 e. The molecule has 0 amide bonds. The predicted octanol–water partition coefficient (Wildman–Crippen LogP) is 1.10. The van der Waals surface area contributed by atoms with Crippen molar-refractivity contribution in [3.63, 3.8) is 0 Å². The molecule has 2 nitrogen and oxygen atoms in total. The van der Waals surface area contributed by atoms with Crippen LogP contribution in [0.2, 0.25) is 0 Å². The first-order valence-corrected chi connectivity index (χ1v) is 3.15. The van der Waals surface area contributed by atoms with Gasteiger partial charge in [-0.25, -0.2) is 0 Å². The number of ether oxygens (including phenoxy) is 1. The summed E-state index contributed by atoms with van der Waals surface area (Å²) in [6, 6.07) is 0. The SMILES string of the molecule is COC1=CC(C)(C)CN1. The average molecular weight is 127 g/mol. The van der Waals surface area contributed by atoms with Crippen LogP contribution in [0.25, 0.3) is 0 Å². The monoisotopic (exact) mass is 127 g/mol. The Labute approximate surface area is 55.9 Å². The van der Waals surface area contributed by atoms with Crippen LogP contribution in [0.1, 0.15) is 13.8 Å². The van der Waals surface area contributed by atoms with Crippen LogP contribution in [-0.4, -0.2) is 13.7 Å². The van der Waals surface area contributed by atoms with Gasteiger partial charge in [0.1, 0.15) is 0 Å². The summed E-state index contributed by atoms with van der Waals surface area (Å²) in [4.78, 5) is 0. The topological polar surface area (TPSA) is 21.3 Å². The van der Waals surface area contributed by atoms with Gasteiger partial charge < -0.3 is 10.1 Å². The third-order valence-corrected chi connectivity index (χ3v) is 1.46. The molecule has 0 bridgehead atoms. The third kappa shape index (κ3) is 1.37. The van der Waals surface area contributed by atoms with Gasteiger partial charge in [-0.2, -0.15) is 0 Å². The molecule has 9 heavy (non-hydrogen) atoms. The fourth-order valence-corrected chi connectivity index (χ4v) is 0.903. The van der Waals surface area contributed by atoms with E-state index in [0.29, 0.717) is 0 Å². The molecule has 1 aliphatic heterocycles. The van der Waals surface area contributed by atoms with Crippen LogP contribution in [-0.2, 0) is 4.74 Å². The highest BCUT2D eigenvalue weighted by Crippen LogP contribution is 2.22. The normalized spacial score (nSPS) is 22.8. The van der Waals surface area contributed by atoms with Crippen molar-refractivity contribution in [2.45, 2.75) is 13.8 Å². The van der Waals surface area contributed by atoms with Crippen molar-refractivity contribution in [3.8, 4) is 0 Å². The Kier molecular flexibility index (Phi) is 1.39. The predicted molar refractivity (Wildman–Crippen MR) is 36.9 cm³/mol. The number of methoxy groups -OCH3 is 1. The quantitative estimate of drug-likeness (QED) is 0.569. The van der Waals surface area contributed by atoms with E-state index in [1.165, 1.54) is 0 Å². The summed E-state index contributed by atoms with van der Waals surface area (Å²) < 4.78 is 5.00. The molecule has 0 spiro atoms. The average Bonchev–Trinajstić information content (AvgIpc) is 2.10. The molecule has 0 saturated heterocycles. The van der Waals surface area contributed by atoms with Crippen molar-refractivity contribution in [2.75, 3.05) is 13.7 Å². The van der Waals surface area contributed by atoms with E-state index >= 15 is 0 Å². The van der Waals surface area contributed by atoms with E-state index in [-0.39, 0.29) is 5.41 Å². The molecule has 0 unspecified atom stereocenters. The molecule has 0 atom stereocenters. The van der Waals surface area contributed by atoms with E-state index in [2.05, 4.69) is 25.2 Å². The summed E-state index contributed by atoms with van der Waals surface area (Å²) in [5.41, 5.74) is 0.269. The van der Waals surface area contributed by atoms with Gasteiger partial charge in [-0.15, -0.1) is 0 Å². The Morgan fingerprint density at radius 1 is 1.67 bits per heavy atom. The molecule has 0 saturated carbocycles. The van der Waals surface area contributed by atoms with E-state index < -0.39 is 0 Å². The van der Waals surface area contributed by atoms with Crippen LogP contribution in [0.15, 0.2) is 12.0 Å². The van der Waals surface area contributed by atoms with Gasteiger partial charge >= 0.3 is 0 Å². The van der Waals surface area contributed by atoms with E-state index in [0.717, 1.165) is 12.4 Å². The molecule has 0 aromatic carbocycles. The van der Waals surface area contributed by atoms with Crippen LogP contribution in [0, 0.1) is 5.41 Å². The maximum Gasteiger partial charge on any atom is 0.182 e. The molecular formula is C7H13NO. The van der Waals surface area contributed by atoms with E-state index in [1.807, 2.05) is 0 Å². The van der Waals surface area contributed by atoms with Gasteiger partial charge in [0.15, 0.2) is 5.88 Å². The molecular weight excluding hydrogens is 114 g/mol. The lowest BCUT2D eigenvalue weighted by atomic mass is 9.96. The lowest BCUT2D eigenvalue weighted by Gasteiger charge is -2.10. The van der Waals surface area contributed by atoms with Gasteiger partial charge in [-0.05, 0) is 6.08 Å². The molecule has 1 N–H and O–H groups in total. The Bertz CT molecular complexity index is 138. The number of hydrogen-bond donors (Lipinski definition) is 1. The highest BCUT2D eigenvalue weighted by molar-refractivity contribution is 5.08. The first kappa shape index (κ1) is 6.46. The van der Waals surface area contributed by atoms with Gasteiger partial charge in [0, 0.05) is 12.0 Å². The van der Waals surface area contributed by atoms with Gasteiger partial charge in [0.25, 0.3) is 0 Å². The summed E-state index contributed by atoms with van der Waals surface area (Å²) in [5.74, 6) is 0.903. The maximum absolute atomic E-state index is 5.00. The van der Waals surface area contributed by atoms with Crippen molar-refractivity contribution in [2.24, 2.45) is 5.41 Å². The molecule has 1 heterocycles. The zero-order chi connectivity index (χ0) is 6.91. The lowest BCUT2D eigenvalue weighted by Crippen LogP contribution is -2.18. The Morgan fingerprint density at radius 2 is 2.33 bits per heavy atom. The minimum absolute atomic E-state index is 0.269. The molecule has 52 valence electrons. The minimum atomic E-state index is 0.269. The second-order valence-electron chi connectivity index (χ2n) is 3.05. The van der Waals surface area contributed by atoms with Crippen molar-refractivity contribution >= 4 is 0 Å². The molecule has 1 aliphatic rings.